The SMILES string of the molecule is COCc1c(OC(=O)OC(C)C)ncc2[nH]c3ccc(Oc4ccccc4OC)cc3c12. The van der Waals surface area contributed by atoms with Gasteiger partial charge in [-0.3, -0.25) is 0 Å². The number of aromatic nitrogens is 2. The lowest BCUT2D eigenvalue weighted by molar-refractivity contribution is 0.0705. The number of ether oxygens (including phenoxy) is 5. The summed E-state index contributed by atoms with van der Waals surface area (Å²) >= 11 is 0. The molecule has 2 heterocycles. The van der Waals surface area contributed by atoms with Gasteiger partial charge in [0.05, 0.1) is 37.1 Å². The molecule has 0 saturated carbocycles. The second-order valence-electron chi connectivity index (χ2n) is 7.37. The van der Waals surface area contributed by atoms with Gasteiger partial charge in [-0.25, -0.2) is 9.78 Å². The second-order valence-corrected chi connectivity index (χ2v) is 7.37. The Morgan fingerprint density at radius 3 is 2.56 bits per heavy atom. The van der Waals surface area contributed by atoms with E-state index in [2.05, 4.69) is 9.97 Å². The van der Waals surface area contributed by atoms with Gasteiger partial charge in [0.2, 0.25) is 5.88 Å². The molecule has 0 aliphatic heterocycles. The van der Waals surface area contributed by atoms with Crippen molar-refractivity contribution in [2.45, 2.75) is 26.6 Å². The Hall–Kier alpha value is -3.78. The monoisotopic (exact) mass is 436 g/mol. The Morgan fingerprint density at radius 1 is 1.06 bits per heavy atom. The van der Waals surface area contributed by atoms with E-state index in [0.717, 1.165) is 21.8 Å². The van der Waals surface area contributed by atoms with Crippen LogP contribution in [0.25, 0.3) is 21.8 Å². The molecule has 0 fully saturated rings. The minimum Gasteiger partial charge on any atom is -0.493 e. The maximum Gasteiger partial charge on any atom is 0.515 e. The number of carbonyl (C=O) groups is 1. The Labute approximate surface area is 185 Å². The Kier molecular flexibility index (Phi) is 6.13. The molecule has 8 heteroatoms. The van der Waals surface area contributed by atoms with Gasteiger partial charge in [0.25, 0.3) is 0 Å². The number of hydrogen-bond acceptors (Lipinski definition) is 7. The molecule has 0 amide bonds. The number of benzene rings is 2. The third-order valence-electron chi connectivity index (χ3n) is 4.77. The van der Waals surface area contributed by atoms with E-state index in [9.17, 15) is 4.79 Å². The lowest BCUT2D eigenvalue weighted by Gasteiger charge is -2.12. The Balaban J connectivity index is 1.79. The van der Waals surface area contributed by atoms with E-state index in [1.165, 1.54) is 0 Å². The number of pyridine rings is 1. The summed E-state index contributed by atoms with van der Waals surface area (Å²) in [4.78, 5) is 19.7. The van der Waals surface area contributed by atoms with E-state index in [1.807, 2.05) is 42.5 Å². The molecule has 8 nitrogen and oxygen atoms in total. The lowest BCUT2D eigenvalue weighted by Crippen LogP contribution is -2.17. The molecule has 166 valence electrons. The van der Waals surface area contributed by atoms with Crippen LogP contribution in [0.3, 0.4) is 0 Å². The first-order chi connectivity index (χ1) is 15.5. The number of H-pyrrole nitrogens is 1. The molecule has 0 aliphatic rings. The molecular formula is C24H24N2O6. The predicted octanol–water partition coefficient (Wildman–Crippen LogP) is 5.59. The van der Waals surface area contributed by atoms with Gasteiger partial charge in [-0.15, -0.1) is 0 Å². The molecule has 0 aliphatic carbocycles. The highest BCUT2D eigenvalue weighted by molar-refractivity contribution is 6.09. The van der Waals surface area contributed by atoms with Gasteiger partial charge in [-0.2, -0.15) is 0 Å². The number of carbonyl (C=O) groups excluding carboxylic acids is 1. The van der Waals surface area contributed by atoms with Gasteiger partial charge in [-0.1, -0.05) is 12.1 Å². The third-order valence-corrected chi connectivity index (χ3v) is 4.77. The van der Waals surface area contributed by atoms with Crippen molar-refractivity contribution in [3.8, 4) is 23.1 Å². The lowest BCUT2D eigenvalue weighted by atomic mass is 10.1. The zero-order valence-corrected chi connectivity index (χ0v) is 18.3. The number of para-hydroxylation sites is 2. The van der Waals surface area contributed by atoms with Gasteiger partial charge < -0.3 is 28.7 Å². The fraction of sp³-hybridized carbons (Fsp3) is 0.250. The molecule has 32 heavy (non-hydrogen) atoms. The normalized spacial score (nSPS) is 11.2. The van der Waals surface area contributed by atoms with Crippen molar-refractivity contribution in [1.82, 2.24) is 9.97 Å². The maximum atomic E-state index is 12.1. The van der Waals surface area contributed by atoms with Crippen molar-refractivity contribution in [2.24, 2.45) is 0 Å². The van der Waals surface area contributed by atoms with Crippen molar-refractivity contribution >= 4 is 28.0 Å². The molecular weight excluding hydrogens is 412 g/mol. The number of aromatic amines is 1. The summed E-state index contributed by atoms with van der Waals surface area (Å²) in [6.45, 7) is 3.69. The fourth-order valence-electron chi connectivity index (χ4n) is 3.48. The summed E-state index contributed by atoms with van der Waals surface area (Å²) in [7, 11) is 3.17. The van der Waals surface area contributed by atoms with E-state index in [1.54, 1.807) is 34.3 Å². The first kappa shape index (κ1) is 21.5. The van der Waals surface area contributed by atoms with E-state index in [-0.39, 0.29) is 18.6 Å². The van der Waals surface area contributed by atoms with Crippen LogP contribution in [0.4, 0.5) is 4.79 Å². The van der Waals surface area contributed by atoms with Crippen LogP contribution >= 0.6 is 0 Å². The van der Waals surface area contributed by atoms with Crippen LogP contribution < -0.4 is 14.2 Å². The molecule has 0 spiro atoms. The van der Waals surface area contributed by atoms with E-state index in [4.69, 9.17) is 23.7 Å². The van der Waals surface area contributed by atoms with Gasteiger partial charge in [0.15, 0.2) is 11.5 Å². The summed E-state index contributed by atoms with van der Waals surface area (Å²) in [5, 5.41) is 1.71. The number of nitrogens with zero attached hydrogens (tertiary/aromatic N) is 1. The largest absolute Gasteiger partial charge is 0.515 e. The van der Waals surface area contributed by atoms with Crippen molar-refractivity contribution < 1.29 is 28.5 Å². The number of methoxy groups -OCH3 is 2. The van der Waals surface area contributed by atoms with Crippen LogP contribution in [0.15, 0.2) is 48.7 Å². The predicted molar refractivity (Wildman–Crippen MR) is 120 cm³/mol. The van der Waals surface area contributed by atoms with Crippen molar-refractivity contribution in [2.75, 3.05) is 14.2 Å². The second kappa shape index (κ2) is 9.15. The smallest absolute Gasteiger partial charge is 0.493 e. The van der Waals surface area contributed by atoms with Crippen molar-refractivity contribution in [3.05, 3.63) is 54.2 Å². The average Bonchev–Trinajstić information content (AvgIpc) is 3.13. The first-order valence-corrected chi connectivity index (χ1v) is 10.1. The summed E-state index contributed by atoms with van der Waals surface area (Å²) in [6, 6.07) is 13.1. The highest BCUT2D eigenvalue weighted by Gasteiger charge is 2.19. The summed E-state index contributed by atoms with van der Waals surface area (Å²) < 4.78 is 27.3. The highest BCUT2D eigenvalue weighted by Crippen LogP contribution is 2.37. The van der Waals surface area contributed by atoms with Crippen molar-refractivity contribution in [1.29, 1.82) is 0 Å². The summed E-state index contributed by atoms with van der Waals surface area (Å²) in [6.07, 6.45) is 0.497. The molecule has 2 aromatic heterocycles. The molecule has 2 aromatic carbocycles. The number of fused-ring (bicyclic) bond motifs is 3. The van der Waals surface area contributed by atoms with Gasteiger partial charge in [0.1, 0.15) is 5.75 Å². The average molecular weight is 436 g/mol. The molecule has 0 saturated heterocycles. The topological polar surface area (TPSA) is 91.9 Å². The Bertz CT molecular complexity index is 1260. The first-order valence-electron chi connectivity index (χ1n) is 10.1. The summed E-state index contributed by atoms with van der Waals surface area (Å²) in [5.41, 5.74) is 2.30. The van der Waals surface area contributed by atoms with E-state index < -0.39 is 6.16 Å². The number of rotatable bonds is 7. The van der Waals surface area contributed by atoms with Crippen molar-refractivity contribution in [3.63, 3.8) is 0 Å². The number of nitrogens with one attached hydrogen (secondary N) is 1. The van der Waals surface area contributed by atoms with Crippen LogP contribution in [0.5, 0.6) is 23.1 Å². The molecule has 4 aromatic rings. The molecule has 4 rings (SSSR count). The number of hydrogen-bond donors (Lipinski definition) is 1. The zero-order valence-electron chi connectivity index (χ0n) is 18.3. The van der Waals surface area contributed by atoms with E-state index >= 15 is 0 Å². The van der Waals surface area contributed by atoms with Crippen LogP contribution in [0.2, 0.25) is 0 Å². The summed E-state index contributed by atoms with van der Waals surface area (Å²) in [5.74, 6) is 2.01. The Morgan fingerprint density at radius 2 is 1.84 bits per heavy atom. The molecule has 0 unspecified atom stereocenters. The van der Waals surface area contributed by atoms with Gasteiger partial charge in [0, 0.05) is 23.4 Å². The minimum absolute atomic E-state index is 0.141. The van der Waals surface area contributed by atoms with E-state index in [0.29, 0.717) is 22.8 Å². The third kappa shape index (κ3) is 4.31. The highest BCUT2D eigenvalue weighted by atomic mass is 16.7. The molecule has 1 N–H and O–H groups in total. The maximum absolute atomic E-state index is 12.1. The molecule has 0 bridgehead atoms. The van der Waals surface area contributed by atoms with Crippen LogP contribution in [-0.4, -0.2) is 36.4 Å². The minimum atomic E-state index is -0.816. The zero-order chi connectivity index (χ0) is 22.7. The van der Waals surface area contributed by atoms with Crippen LogP contribution in [-0.2, 0) is 16.1 Å². The van der Waals surface area contributed by atoms with Crippen LogP contribution in [0, 0.1) is 0 Å². The van der Waals surface area contributed by atoms with Crippen LogP contribution in [0.1, 0.15) is 19.4 Å². The fourth-order valence-corrected chi connectivity index (χ4v) is 3.48. The molecule has 0 atom stereocenters. The standard InChI is InChI=1S/C24H24N2O6/c1-14(2)30-24(27)32-23-17(13-28-3)22-16-11-15(9-10-18(16)26-19(22)12-25-23)31-21-8-6-5-7-20(21)29-4/h5-12,14,26H,13H2,1-4H3. The van der Waals surface area contributed by atoms with Gasteiger partial charge >= 0.3 is 6.16 Å². The quantitative estimate of drug-likeness (QED) is 0.378. The van der Waals surface area contributed by atoms with Gasteiger partial charge in [-0.05, 0) is 44.2 Å². The molecule has 0 radical (unpaired) electrons.